The summed E-state index contributed by atoms with van der Waals surface area (Å²) in [6.45, 7) is 12.8. The van der Waals surface area contributed by atoms with Crippen LogP contribution in [0.25, 0.3) is 0 Å². The summed E-state index contributed by atoms with van der Waals surface area (Å²) < 4.78 is 15.7. The highest BCUT2D eigenvalue weighted by Gasteiger charge is 2.41. The lowest BCUT2D eigenvalue weighted by Gasteiger charge is -2.35. The lowest BCUT2D eigenvalue weighted by atomic mass is 9.66. The molecular weight excluding hydrogens is 396 g/mol. The van der Waals surface area contributed by atoms with E-state index in [-0.39, 0.29) is 5.41 Å². The van der Waals surface area contributed by atoms with E-state index in [0.29, 0.717) is 19.8 Å². The van der Waals surface area contributed by atoms with Gasteiger partial charge in [0.15, 0.2) is 0 Å². The van der Waals surface area contributed by atoms with E-state index in [1.165, 1.54) is 22.3 Å². The summed E-state index contributed by atoms with van der Waals surface area (Å²) in [5.41, 5.74) is 4.48. The number of rotatable bonds is 10. The molecule has 0 saturated heterocycles. The quantitative estimate of drug-likeness (QED) is 0.393. The lowest BCUT2D eigenvalue weighted by Crippen LogP contribution is -2.29. The Kier molecular flexibility index (Phi) is 10.7. The van der Waals surface area contributed by atoms with Crippen LogP contribution in [0.4, 0.5) is 0 Å². The van der Waals surface area contributed by atoms with Gasteiger partial charge in [-0.2, -0.15) is 0 Å². The molecule has 0 saturated carbocycles. The van der Waals surface area contributed by atoms with Crippen LogP contribution in [-0.4, -0.2) is 33.5 Å². The Morgan fingerprint density at radius 1 is 0.844 bits per heavy atom. The Labute approximate surface area is 193 Å². The van der Waals surface area contributed by atoms with Crippen molar-refractivity contribution in [2.24, 2.45) is 0 Å². The molecule has 3 nitrogen and oxygen atoms in total. The van der Waals surface area contributed by atoms with Crippen molar-refractivity contribution >= 4 is 0 Å². The van der Waals surface area contributed by atoms with Gasteiger partial charge in [-0.05, 0) is 55.2 Å². The molecule has 0 amide bonds. The fourth-order valence-corrected chi connectivity index (χ4v) is 3.86. The highest BCUT2D eigenvalue weighted by Crippen LogP contribution is 2.49. The van der Waals surface area contributed by atoms with Gasteiger partial charge in [-0.15, -0.1) is 0 Å². The van der Waals surface area contributed by atoms with E-state index in [2.05, 4.69) is 85.0 Å². The van der Waals surface area contributed by atoms with Crippen LogP contribution in [0.3, 0.4) is 0 Å². The number of methoxy groups -OCH3 is 1. The van der Waals surface area contributed by atoms with Gasteiger partial charge < -0.3 is 14.2 Å². The minimum absolute atomic E-state index is 0.362. The molecule has 1 unspecified atom stereocenters. The largest absolute Gasteiger partial charge is 0.491 e. The molecule has 2 aromatic rings. The van der Waals surface area contributed by atoms with Gasteiger partial charge >= 0.3 is 0 Å². The number of hydrogen-bond donors (Lipinski definition) is 0. The molecular formula is C29H36O3. The van der Waals surface area contributed by atoms with Crippen LogP contribution in [0, 0.1) is 0 Å². The van der Waals surface area contributed by atoms with Gasteiger partial charge in [0.25, 0.3) is 0 Å². The van der Waals surface area contributed by atoms with E-state index in [4.69, 9.17) is 9.47 Å². The van der Waals surface area contributed by atoms with Gasteiger partial charge in [-0.25, -0.2) is 0 Å². The first-order valence-electron chi connectivity index (χ1n) is 11.2. The number of hydrogen-bond acceptors (Lipinski definition) is 3. The molecule has 0 fully saturated rings. The highest BCUT2D eigenvalue weighted by molar-refractivity contribution is 5.67. The van der Waals surface area contributed by atoms with Gasteiger partial charge in [-0.1, -0.05) is 79.4 Å². The first-order valence-corrected chi connectivity index (χ1v) is 11.2. The van der Waals surface area contributed by atoms with Gasteiger partial charge in [0.05, 0.1) is 12.0 Å². The van der Waals surface area contributed by atoms with Crippen molar-refractivity contribution in [2.45, 2.75) is 26.2 Å². The molecule has 1 aliphatic carbocycles. The fourth-order valence-electron chi connectivity index (χ4n) is 3.86. The SMILES string of the molecule is C=CC1=CC=C(/C=C/C)C1(c1ccccc1)c1ccc(OCCOCC)cc1.CCOC. The second-order valence-corrected chi connectivity index (χ2v) is 7.21. The van der Waals surface area contributed by atoms with Gasteiger partial charge in [-0.3, -0.25) is 0 Å². The molecule has 170 valence electrons. The monoisotopic (exact) mass is 432 g/mol. The van der Waals surface area contributed by atoms with Gasteiger partial charge in [0.2, 0.25) is 0 Å². The summed E-state index contributed by atoms with van der Waals surface area (Å²) in [6.07, 6.45) is 10.6. The van der Waals surface area contributed by atoms with E-state index in [0.717, 1.165) is 12.4 Å². The van der Waals surface area contributed by atoms with Gasteiger partial charge in [0.1, 0.15) is 12.4 Å². The Morgan fingerprint density at radius 2 is 1.47 bits per heavy atom. The molecule has 0 bridgehead atoms. The molecule has 0 radical (unpaired) electrons. The maximum absolute atomic E-state index is 5.80. The molecule has 0 spiro atoms. The number of ether oxygens (including phenoxy) is 3. The zero-order valence-electron chi connectivity index (χ0n) is 19.8. The third-order valence-electron chi connectivity index (χ3n) is 5.36. The first-order chi connectivity index (χ1) is 15.7. The van der Waals surface area contributed by atoms with Crippen LogP contribution in [0.5, 0.6) is 5.75 Å². The molecule has 0 aliphatic heterocycles. The average Bonchev–Trinajstić information content (AvgIpc) is 3.22. The van der Waals surface area contributed by atoms with Crippen molar-refractivity contribution in [3.05, 3.63) is 114 Å². The van der Waals surface area contributed by atoms with Crippen molar-refractivity contribution < 1.29 is 14.2 Å². The summed E-state index contributed by atoms with van der Waals surface area (Å²) in [5.74, 6) is 0.852. The van der Waals surface area contributed by atoms with E-state index in [1.807, 2.05) is 32.1 Å². The molecule has 32 heavy (non-hydrogen) atoms. The summed E-state index contributed by atoms with van der Waals surface area (Å²) in [4.78, 5) is 0. The number of allylic oxidation sites excluding steroid dienone is 7. The highest BCUT2D eigenvalue weighted by atomic mass is 16.5. The Hall–Kier alpha value is -2.88. The van der Waals surface area contributed by atoms with Crippen LogP contribution >= 0.6 is 0 Å². The van der Waals surface area contributed by atoms with E-state index in [1.54, 1.807) is 7.11 Å². The lowest BCUT2D eigenvalue weighted by molar-refractivity contribution is 0.110. The Morgan fingerprint density at radius 3 is 2.03 bits per heavy atom. The van der Waals surface area contributed by atoms with Crippen molar-refractivity contribution in [1.82, 2.24) is 0 Å². The summed E-state index contributed by atoms with van der Waals surface area (Å²) in [6, 6.07) is 19.0. The molecule has 3 rings (SSSR count). The third kappa shape index (κ3) is 5.87. The predicted molar refractivity (Wildman–Crippen MR) is 134 cm³/mol. The minimum atomic E-state index is -0.362. The molecule has 0 aromatic heterocycles. The van der Waals surface area contributed by atoms with E-state index >= 15 is 0 Å². The van der Waals surface area contributed by atoms with Crippen molar-refractivity contribution in [1.29, 1.82) is 0 Å². The van der Waals surface area contributed by atoms with Crippen LogP contribution in [0.2, 0.25) is 0 Å². The zero-order valence-corrected chi connectivity index (χ0v) is 19.8. The zero-order chi connectivity index (χ0) is 23.2. The maximum atomic E-state index is 5.80. The van der Waals surface area contributed by atoms with Crippen molar-refractivity contribution in [3.8, 4) is 5.75 Å². The summed E-state index contributed by atoms with van der Waals surface area (Å²) >= 11 is 0. The van der Waals surface area contributed by atoms with E-state index in [9.17, 15) is 0 Å². The standard InChI is InChI=1S/C26H28O2.C3H8O/c1-4-10-22-14-13-21(5-2)26(22,23-11-8-7-9-12-23)24-15-17-25(18-16-24)28-20-19-27-6-3;1-3-4-2/h4-5,7-18H,2,6,19-20H2,1,3H3;3H2,1-2H3/b10-4+;. The fraction of sp³-hybridized carbons (Fsp3) is 0.310. The second kappa shape index (κ2) is 13.5. The van der Waals surface area contributed by atoms with E-state index < -0.39 is 0 Å². The van der Waals surface area contributed by atoms with Crippen LogP contribution in [-0.2, 0) is 14.9 Å². The number of benzene rings is 2. The average molecular weight is 433 g/mol. The van der Waals surface area contributed by atoms with Crippen LogP contribution in [0.1, 0.15) is 31.9 Å². The first kappa shape index (κ1) is 25.4. The Balaban J connectivity index is 0.000000837. The smallest absolute Gasteiger partial charge is 0.119 e. The Bertz CT molecular complexity index is 905. The second-order valence-electron chi connectivity index (χ2n) is 7.21. The molecule has 2 aromatic carbocycles. The van der Waals surface area contributed by atoms with Crippen molar-refractivity contribution in [2.75, 3.05) is 33.5 Å². The molecule has 0 heterocycles. The summed E-state index contributed by atoms with van der Waals surface area (Å²) in [7, 11) is 1.68. The minimum Gasteiger partial charge on any atom is -0.491 e. The van der Waals surface area contributed by atoms with Gasteiger partial charge in [0, 0.05) is 20.3 Å². The topological polar surface area (TPSA) is 27.7 Å². The predicted octanol–water partition coefficient (Wildman–Crippen LogP) is 6.67. The molecule has 1 atom stereocenters. The normalized spacial score (nSPS) is 17.4. The maximum Gasteiger partial charge on any atom is 0.119 e. The third-order valence-corrected chi connectivity index (χ3v) is 5.36. The summed E-state index contributed by atoms with van der Waals surface area (Å²) in [5, 5.41) is 0. The molecule has 0 N–H and O–H groups in total. The molecule has 3 heteroatoms. The molecule has 1 aliphatic rings. The van der Waals surface area contributed by atoms with Crippen LogP contribution in [0.15, 0.2) is 103 Å². The van der Waals surface area contributed by atoms with Crippen LogP contribution < -0.4 is 4.74 Å². The van der Waals surface area contributed by atoms with Crippen molar-refractivity contribution in [3.63, 3.8) is 0 Å².